The van der Waals surface area contributed by atoms with E-state index in [4.69, 9.17) is 27.9 Å². The second-order valence-electron chi connectivity index (χ2n) is 5.53. The third-order valence-corrected chi connectivity index (χ3v) is 4.49. The van der Waals surface area contributed by atoms with Crippen LogP contribution in [0.4, 0.5) is 0 Å². The Balaban J connectivity index is 1.77. The number of ketones is 1. The molecule has 0 aromatic heterocycles. The van der Waals surface area contributed by atoms with E-state index >= 15 is 0 Å². The van der Waals surface area contributed by atoms with Gasteiger partial charge in [-0.25, -0.2) is 0 Å². The third-order valence-electron chi connectivity index (χ3n) is 3.90. The molecule has 23 heavy (non-hydrogen) atoms. The molecule has 2 aromatic carbocycles. The van der Waals surface area contributed by atoms with Gasteiger partial charge in [0, 0.05) is 40.8 Å². The van der Waals surface area contributed by atoms with Crippen molar-refractivity contribution in [1.82, 2.24) is 4.90 Å². The predicted octanol–water partition coefficient (Wildman–Crippen LogP) is 4.06. The standard InChI is InChI=1S/C18H17Cl2NO2/c19-16-3-1-2-13(10-16)18(22)14-4-5-15(17(20)11-14)12-21-6-8-23-9-7-21/h1-5,10-11H,6-9,12H2. The summed E-state index contributed by atoms with van der Waals surface area (Å²) in [6.07, 6.45) is 0. The van der Waals surface area contributed by atoms with Gasteiger partial charge >= 0.3 is 0 Å². The Morgan fingerprint density at radius 2 is 1.78 bits per heavy atom. The normalized spacial score (nSPS) is 15.6. The molecular formula is C18H17Cl2NO2. The zero-order chi connectivity index (χ0) is 16.2. The molecule has 3 nitrogen and oxygen atoms in total. The minimum atomic E-state index is -0.0766. The Morgan fingerprint density at radius 3 is 2.48 bits per heavy atom. The van der Waals surface area contributed by atoms with Crippen molar-refractivity contribution in [3.63, 3.8) is 0 Å². The highest BCUT2D eigenvalue weighted by Gasteiger charge is 2.15. The summed E-state index contributed by atoms with van der Waals surface area (Å²) in [5.41, 5.74) is 2.16. The van der Waals surface area contributed by atoms with Crippen molar-refractivity contribution >= 4 is 29.0 Å². The Morgan fingerprint density at radius 1 is 1.04 bits per heavy atom. The van der Waals surface area contributed by atoms with E-state index in [1.54, 1.807) is 30.3 Å². The number of hydrogen-bond acceptors (Lipinski definition) is 3. The molecule has 0 bridgehead atoms. The topological polar surface area (TPSA) is 29.5 Å². The summed E-state index contributed by atoms with van der Waals surface area (Å²) in [5.74, 6) is -0.0766. The monoisotopic (exact) mass is 349 g/mol. The van der Waals surface area contributed by atoms with Gasteiger partial charge in [0.1, 0.15) is 0 Å². The SMILES string of the molecule is O=C(c1cccc(Cl)c1)c1ccc(CN2CCOCC2)c(Cl)c1. The summed E-state index contributed by atoms with van der Waals surface area (Å²) in [6, 6.07) is 12.4. The minimum absolute atomic E-state index is 0.0766. The summed E-state index contributed by atoms with van der Waals surface area (Å²) in [5, 5.41) is 1.16. The van der Waals surface area contributed by atoms with E-state index in [-0.39, 0.29) is 5.78 Å². The van der Waals surface area contributed by atoms with Crippen LogP contribution in [0.2, 0.25) is 10.0 Å². The van der Waals surface area contributed by atoms with Crippen LogP contribution < -0.4 is 0 Å². The highest BCUT2D eigenvalue weighted by molar-refractivity contribution is 6.32. The molecule has 0 N–H and O–H groups in total. The first-order valence-corrected chi connectivity index (χ1v) is 8.28. The second-order valence-corrected chi connectivity index (χ2v) is 6.38. The van der Waals surface area contributed by atoms with Gasteiger partial charge in [0.05, 0.1) is 13.2 Å². The Bertz CT molecular complexity index is 712. The zero-order valence-corrected chi connectivity index (χ0v) is 14.1. The van der Waals surface area contributed by atoms with Gasteiger partial charge in [0.15, 0.2) is 5.78 Å². The third kappa shape index (κ3) is 4.12. The van der Waals surface area contributed by atoms with Crippen LogP contribution in [0.15, 0.2) is 42.5 Å². The van der Waals surface area contributed by atoms with E-state index in [0.29, 0.717) is 21.2 Å². The van der Waals surface area contributed by atoms with Crippen molar-refractivity contribution in [3.8, 4) is 0 Å². The number of carbonyl (C=O) groups is 1. The van der Waals surface area contributed by atoms with Crippen LogP contribution in [0.5, 0.6) is 0 Å². The molecule has 120 valence electrons. The summed E-state index contributed by atoms with van der Waals surface area (Å²) in [6.45, 7) is 4.08. The molecule has 0 radical (unpaired) electrons. The van der Waals surface area contributed by atoms with E-state index in [1.165, 1.54) is 0 Å². The molecule has 1 saturated heterocycles. The van der Waals surface area contributed by atoms with Crippen molar-refractivity contribution in [2.75, 3.05) is 26.3 Å². The van der Waals surface area contributed by atoms with Crippen molar-refractivity contribution < 1.29 is 9.53 Å². The van der Waals surface area contributed by atoms with Crippen molar-refractivity contribution in [3.05, 3.63) is 69.2 Å². The van der Waals surface area contributed by atoms with Gasteiger partial charge < -0.3 is 4.74 Å². The van der Waals surface area contributed by atoms with Crippen LogP contribution in [0, 0.1) is 0 Å². The molecule has 0 unspecified atom stereocenters. The largest absolute Gasteiger partial charge is 0.379 e. The van der Waals surface area contributed by atoms with Gasteiger partial charge in [-0.2, -0.15) is 0 Å². The predicted molar refractivity (Wildman–Crippen MR) is 92.4 cm³/mol. The van der Waals surface area contributed by atoms with Crippen LogP contribution >= 0.6 is 23.2 Å². The lowest BCUT2D eigenvalue weighted by Crippen LogP contribution is -2.35. The van der Waals surface area contributed by atoms with E-state index < -0.39 is 0 Å². The first-order valence-electron chi connectivity index (χ1n) is 7.52. The molecule has 3 rings (SSSR count). The molecule has 1 fully saturated rings. The number of carbonyl (C=O) groups excluding carboxylic acids is 1. The van der Waals surface area contributed by atoms with Crippen LogP contribution in [0.25, 0.3) is 0 Å². The fourth-order valence-electron chi connectivity index (χ4n) is 2.61. The number of morpholine rings is 1. The number of ether oxygens (including phenoxy) is 1. The molecule has 0 spiro atoms. The maximum atomic E-state index is 12.5. The first-order chi connectivity index (χ1) is 11.1. The lowest BCUT2D eigenvalue weighted by atomic mass is 10.0. The zero-order valence-electron chi connectivity index (χ0n) is 12.6. The van der Waals surface area contributed by atoms with Gasteiger partial charge in [-0.1, -0.05) is 47.5 Å². The maximum Gasteiger partial charge on any atom is 0.193 e. The highest BCUT2D eigenvalue weighted by Crippen LogP contribution is 2.22. The Hall–Kier alpha value is -1.39. The molecule has 5 heteroatoms. The number of rotatable bonds is 4. The quantitative estimate of drug-likeness (QED) is 0.779. The lowest BCUT2D eigenvalue weighted by Gasteiger charge is -2.26. The summed E-state index contributed by atoms with van der Waals surface area (Å²) >= 11 is 12.3. The first kappa shape index (κ1) is 16.5. The average Bonchev–Trinajstić information content (AvgIpc) is 2.57. The number of benzene rings is 2. The van der Waals surface area contributed by atoms with Gasteiger partial charge in [0.2, 0.25) is 0 Å². The maximum absolute atomic E-state index is 12.5. The van der Waals surface area contributed by atoms with Crippen molar-refractivity contribution in [2.45, 2.75) is 6.54 Å². The van der Waals surface area contributed by atoms with E-state index in [0.717, 1.165) is 38.4 Å². The second kappa shape index (κ2) is 7.45. The molecular weight excluding hydrogens is 333 g/mol. The van der Waals surface area contributed by atoms with Crippen molar-refractivity contribution in [1.29, 1.82) is 0 Å². The number of hydrogen-bond donors (Lipinski definition) is 0. The highest BCUT2D eigenvalue weighted by atomic mass is 35.5. The van der Waals surface area contributed by atoms with Gasteiger partial charge in [-0.05, 0) is 23.8 Å². The van der Waals surface area contributed by atoms with Crippen LogP contribution in [-0.4, -0.2) is 37.0 Å². The molecule has 2 aromatic rings. The lowest BCUT2D eigenvalue weighted by molar-refractivity contribution is 0.0342. The molecule has 0 atom stereocenters. The number of halogens is 2. The van der Waals surface area contributed by atoms with E-state index in [9.17, 15) is 4.79 Å². The molecule has 1 heterocycles. The fraction of sp³-hybridized carbons (Fsp3) is 0.278. The summed E-state index contributed by atoms with van der Waals surface area (Å²) in [7, 11) is 0. The summed E-state index contributed by atoms with van der Waals surface area (Å²) in [4.78, 5) is 14.8. The van der Waals surface area contributed by atoms with Gasteiger partial charge in [-0.3, -0.25) is 9.69 Å². The average molecular weight is 350 g/mol. The van der Waals surface area contributed by atoms with Crippen LogP contribution in [0.3, 0.4) is 0 Å². The molecule has 0 saturated carbocycles. The molecule has 1 aliphatic rings. The number of nitrogens with zero attached hydrogens (tertiary/aromatic N) is 1. The molecule has 0 aliphatic carbocycles. The van der Waals surface area contributed by atoms with Crippen LogP contribution in [0.1, 0.15) is 21.5 Å². The Kier molecular flexibility index (Phi) is 5.34. The fourth-order valence-corrected chi connectivity index (χ4v) is 3.04. The van der Waals surface area contributed by atoms with Crippen LogP contribution in [-0.2, 0) is 11.3 Å². The smallest absolute Gasteiger partial charge is 0.193 e. The molecule has 0 amide bonds. The minimum Gasteiger partial charge on any atom is -0.379 e. The van der Waals surface area contributed by atoms with Gasteiger partial charge in [-0.15, -0.1) is 0 Å². The van der Waals surface area contributed by atoms with E-state index in [1.807, 2.05) is 12.1 Å². The summed E-state index contributed by atoms with van der Waals surface area (Å²) < 4.78 is 5.35. The Labute approximate surface area is 145 Å². The van der Waals surface area contributed by atoms with E-state index in [2.05, 4.69) is 4.90 Å². The molecule has 1 aliphatic heterocycles. The van der Waals surface area contributed by atoms with Crippen molar-refractivity contribution in [2.24, 2.45) is 0 Å². The van der Waals surface area contributed by atoms with Gasteiger partial charge in [0.25, 0.3) is 0 Å².